The van der Waals surface area contributed by atoms with Crippen LogP contribution in [0.4, 0.5) is 4.39 Å². The zero-order valence-corrected chi connectivity index (χ0v) is 20.2. The van der Waals surface area contributed by atoms with E-state index in [1.807, 2.05) is 31.2 Å². The summed E-state index contributed by atoms with van der Waals surface area (Å²) in [5.74, 6) is -0.506. The zero-order valence-electron chi connectivity index (χ0n) is 20.2. The Bertz CT molecular complexity index is 1170. The summed E-state index contributed by atoms with van der Waals surface area (Å²) in [5, 5.41) is 7.66. The van der Waals surface area contributed by atoms with E-state index in [0.29, 0.717) is 56.0 Å². The topological polar surface area (TPSA) is 76.5 Å². The summed E-state index contributed by atoms with van der Waals surface area (Å²) in [4.78, 5) is 27.9. The van der Waals surface area contributed by atoms with Crippen LogP contribution in [0.5, 0.6) is 0 Å². The SMILES string of the molecule is COCCCNC(=O)C1CCN(C(=O)c2cn(-c3ccc(F)cc3)nc2-c2cccc(C)c2)CC1. The normalized spacial score (nSPS) is 14.2. The fraction of sp³-hybridized carbons (Fsp3) is 0.370. The summed E-state index contributed by atoms with van der Waals surface area (Å²) < 4.78 is 20.1. The summed E-state index contributed by atoms with van der Waals surface area (Å²) in [7, 11) is 1.64. The number of nitrogens with zero attached hydrogens (tertiary/aromatic N) is 3. The van der Waals surface area contributed by atoms with E-state index in [-0.39, 0.29) is 23.5 Å². The second-order valence-electron chi connectivity index (χ2n) is 8.89. The molecule has 0 atom stereocenters. The number of rotatable bonds is 8. The van der Waals surface area contributed by atoms with Gasteiger partial charge in [0.15, 0.2) is 0 Å². The number of methoxy groups -OCH3 is 1. The Morgan fingerprint density at radius 3 is 2.57 bits per heavy atom. The molecule has 8 heteroatoms. The third kappa shape index (κ3) is 5.95. The van der Waals surface area contributed by atoms with E-state index in [0.717, 1.165) is 17.5 Å². The molecular weight excluding hydrogens is 447 g/mol. The molecule has 1 aliphatic heterocycles. The molecule has 35 heavy (non-hydrogen) atoms. The minimum absolute atomic E-state index is 0.0396. The first-order valence-electron chi connectivity index (χ1n) is 11.9. The Balaban J connectivity index is 1.52. The van der Waals surface area contributed by atoms with Gasteiger partial charge < -0.3 is 15.0 Å². The van der Waals surface area contributed by atoms with E-state index in [2.05, 4.69) is 5.32 Å². The average Bonchev–Trinajstić information content (AvgIpc) is 3.32. The van der Waals surface area contributed by atoms with Crippen molar-refractivity contribution in [1.82, 2.24) is 20.0 Å². The van der Waals surface area contributed by atoms with Gasteiger partial charge in [0, 0.05) is 51.0 Å². The number of halogens is 1. The minimum atomic E-state index is -0.332. The van der Waals surface area contributed by atoms with Crippen LogP contribution in [-0.4, -0.2) is 59.8 Å². The molecule has 0 aliphatic carbocycles. The number of ether oxygens (including phenoxy) is 1. The largest absolute Gasteiger partial charge is 0.385 e. The molecule has 1 fully saturated rings. The first-order chi connectivity index (χ1) is 17.0. The lowest BCUT2D eigenvalue weighted by molar-refractivity contribution is -0.126. The number of hydrogen-bond donors (Lipinski definition) is 1. The van der Waals surface area contributed by atoms with Gasteiger partial charge in [0.05, 0.1) is 11.3 Å². The maximum absolute atomic E-state index is 13.6. The highest BCUT2D eigenvalue weighted by Gasteiger charge is 2.30. The maximum Gasteiger partial charge on any atom is 0.257 e. The maximum atomic E-state index is 13.6. The number of piperidine rings is 1. The van der Waals surface area contributed by atoms with E-state index >= 15 is 0 Å². The Morgan fingerprint density at radius 1 is 1.14 bits per heavy atom. The second kappa shape index (κ2) is 11.3. The van der Waals surface area contributed by atoms with E-state index in [1.54, 1.807) is 35.0 Å². The van der Waals surface area contributed by atoms with Crippen LogP contribution in [0.3, 0.4) is 0 Å². The molecule has 0 spiro atoms. The molecule has 2 heterocycles. The third-order valence-electron chi connectivity index (χ3n) is 6.30. The molecule has 1 N–H and O–H groups in total. The van der Waals surface area contributed by atoms with Gasteiger partial charge >= 0.3 is 0 Å². The van der Waals surface area contributed by atoms with Gasteiger partial charge in [-0.25, -0.2) is 9.07 Å². The quantitative estimate of drug-likeness (QED) is 0.497. The Labute approximate surface area is 204 Å². The second-order valence-corrected chi connectivity index (χ2v) is 8.89. The standard InChI is InChI=1S/C27H31FN4O3/c1-19-5-3-6-21(17-19)25-24(18-32(30-25)23-9-7-22(28)8-10-23)27(34)31-14-11-20(12-15-31)26(33)29-13-4-16-35-2/h3,5-10,17-18,20H,4,11-16H2,1-2H3,(H,29,33). The highest BCUT2D eigenvalue weighted by molar-refractivity contribution is 6.00. The van der Waals surface area contributed by atoms with Crippen molar-refractivity contribution < 1.29 is 18.7 Å². The molecule has 1 aromatic heterocycles. The number of hydrogen-bond acceptors (Lipinski definition) is 4. The van der Waals surface area contributed by atoms with Crippen LogP contribution < -0.4 is 5.32 Å². The number of carbonyl (C=O) groups is 2. The molecule has 7 nitrogen and oxygen atoms in total. The summed E-state index contributed by atoms with van der Waals surface area (Å²) in [5.41, 5.74) is 3.65. The monoisotopic (exact) mass is 478 g/mol. The van der Waals surface area contributed by atoms with Crippen molar-refractivity contribution in [2.24, 2.45) is 5.92 Å². The van der Waals surface area contributed by atoms with Crippen LogP contribution in [0.1, 0.15) is 35.2 Å². The Kier molecular flexibility index (Phi) is 7.92. The predicted octanol–water partition coefficient (Wildman–Crippen LogP) is 3.99. The van der Waals surface area contributed by atoms with Crippen molar-refractivity contribution in [3.05, 3.63) is 71.7 Å². The highest BCUT2D eigenvalue weighted by atomic mass is 19.1. The van der Waals surface area contributed by atoms with Gasteiger partial charge in [0.25, 0.3) is 5.91 Å². The summed E-state index contributed by atoms with van der Waals surface area (Å²) in [6.45, 7) is 4.21. The first-order valence-corrected chi connectivity index (χ1v) is 11.9. The molecule has 1 saturated heterocycles. The molecule has 2 amide bonds. The molecule has 2 aromatic carbocycles. The molecule has 0 bridgehead atoms. The number of amides is 2. The van der Waals surface area contributed by atoms with Crippen molar-refractivity contribution in [2.75, 3.05) is 33.4 Å². The van der Waals surface area contributed by atoms with Crippen molar-refractivity contribution in [3.8, 4) is 16.9 Å². The van der Waals surface area contributed by atoms with E-state index in [9.17, 15) is 14.0 Å². The minimum Gasteiger partial charge on any atom is -0.385 e. The molecule has 0 saturated carbocycles. The van der Waals surface area contributed by atoms with Gasteiger partial charge in [0.1, 0.15) is 11.5 Å². The van der Waals surface area contributed by atoms with E-state index in [4.69, 9.17) is 9.84 Å². The number of nitrogens with one attached hydrogen (secondary N) is 1. The highest BCUT2D eigenvalue weighted by Crippen LogP contribution is 2.27. The summed E-state index contributed by atoms with van der Waals surface area (Å²) in [6.07, 6.45) is 3.72. The van der Waals surface area contributed by atoms with E-state index < -0.39 is 0 Å². The van der Waals surface area contributed by atoms with Crippen molar-refractivity contribution in [1.29, 1.82) is 0 Å². The van der Waals surface area contributed by atoms with Crippen LogP contribution in [0.2, 0.25) is 0 Å². The predicted molar refractivity (Wildman–Crippen MR) is 132 cm³/mol. The number of benzene rings is 2. The van der Waals surface area contributed by atoms with Crippen molar-refractivity contribution in [2.45, 2.75) is 26.2 Å². The van der Waals surface area contributed by atoms with Crippen molar-refractivity contribution >= 4 is 11.8 Å². The molecule has 0 radical (unpaired) electrons. The van der Waals surface area contributed by atoms with Crippen molar-refractivity contribution in [3.63, 3.8) is 0 Å². The van der Waals surface area contributed by atoms with Crippen LogP contribution in [0.15, 0.2) is 54.7 Å². The smallest absolute Gasteiger partial charge is 0.257 e. The fourth-order valence-corrected chi connectivity index (χ4v) is 4.35. The lowest BCUT2D eigenvalue weighted by Crippen LogP contribution is -2.43. The molecular formula is C27H31FN4O3. The number of aromatic nitrogens is 2. The Morgan fingerprint density at radius 2 is 1.89 bits per heavy atom. The average molecular weight is 479 g/mol. The van der Waals surface area contributed by atoms with Crippen LogP contribution in [0, 0.1) is 18.7 Å². The zero-order chi connectivity index (χ0) is 24.8. The van der Waals surface area contributed by atoms with E-state index in [1.165, 1.54) is 12.1 Å². The summed E-state index contributed by atoms with van der Waals surface area (Å²) >= 11 is 0. The van der Waals surface area contributed by atoms with Gasteiger partial charge in [0.2, 0.25) is 5.91 Å². The van der Waals surface area contributed by atoms with Gasteiger partial charge in [-0.05, 0) is 56.5 Å². The lowest BCUT2D eigenvalue weighted by Gasteiger charge is -2.31. The van der Waals surface area contributed by atoms with Gasteiger partial charge in [-0.2, -0.15) is 5.10 Å². The van der Waals surface area contributed by atoms with Crippen LogP contribution in [0.25, 0.3) is 16.9 Å². The Hall–Kier alpha value is -3.52. The van der Waals surface area contributed by atoms with Gasteiger partial charge in [-0.15, -0.1) is 0 Å². The number of aryl methyl sites for hydroxylation is 1. The van der Waals surface area contributed by atoms with Crippen LogP contribution >= 0.6 is 0 Å². The third-order valence-corrected chi connectivity index (χ3v) is 6.30. The number of likely N-dealkylation sites (tertiary alicyclic amines) is 1. The number of carbonyl (C=O) groups excluding carboxylic acids is 2. The van der Waals surface area contributed by atoms with Gasteiger partial charge in [-0.3, -0.25) is 9.59 Å². The molecule has 1 aliphatic rings. The van der Waals surface area contributed by atoms with Crippen LogP contribution in [-0.2, 0) is 9.53 Å². The molecule has 184 valence electrons. The molecule has 3 aromatic rings. The first kappa shape index (κ1) is 24.6. The summed E-state index contributed by atoms with van der Waals surface area (Å²) in [6, 6.07) is 13.9. The van der Waals surface area contributed by atoms with Gasteiger partial charge in [-0.1, -0.05) is 23.8 Å². The molecule has 0 unspecified atom stereocenters. The molecule has 4 rings (SSSR count). The fourth-order valence-electron chi connectivity index (χ4n) is 4.35. The lowest BCUT2D eigenvalue weighted by atomic mass is 9.95.